The van der Waals surface area contributed by atoms with Gasteiger partial charge >= 0.3 is 0 Å². The zero-order chi connectivity index (χ0) is 17.0. The van der Waals surface area contributed by atoms with Gasteiger partial charge in [0.2, 0.25) is 0 Å². The van der Waals surface area contributed by atoms with E-state index in [-0.39, 0.29) is 19.1 Å². The topological polar surface area (TPSA) is 67.6 Å². The summed E-state index contributed by atoms with van der Waals surface area (Å²) < 4.78 is 6.85. The number of hydrogen-bond donors (Lipinski definition) is 1. The minimum absolute atomic E-state index is 0.129. The summed E-state index contributed by atoms with van der Waals surface area (Å²) in [7, 11) is 3.19. The molecule has 0 aromatic carbocycles. The Bertz CT molecular complexity index is 667. The number of amides is 1. The van der Waals surface area contributed by atoms with Gasteiger partial charge in [0.15, 0.2) is 0 Å². The fourth-order valence-electron chi connectivity index (χ4n) is 2.67. The molecule has 0 radical (unpaired) electrons. The van der Waals surface area contributed by atoms with Crippen molar-refractivity contribution >= 4 is 5.91 Å². The van der Waals surface area contributed by atoms with E-state index >= 15 is 0 Å². The number of nitrogens with zero attached hydrogens (tertiary/aromatic N) is 3. The van der Waals surface area contributed by atoms with Crippen molar-refractivity contribution in [1.82, 2.24) is 14.5 Å². The van der Waals surface area contributed by atoms with Gasteiger partial charge in [-0.15, -0.1) is 0 Å². The van der Waals surface area contributed by atoms with E-state index in [9.17, 15) is 9.90 Å². The predicted molar refractivity (Wildman–Crippen MR) is 87.9 cm³/mol. The lowest BCUT2D eigenvalue weighted by Crippen LogP contribution is -2.36. The van der Waals surface area contributed by atoms with E-state index in [2.05, 4.69) is 4.98 Å². The number of rotatable bonds is 6. The molecule has 0 aliphatic heterocycles. The Balaban J connectivity index is 2.26. The standard InChI is InChI=1S/C17H23N3O3/c1-12-9-15(17(22)19(3)10-14(21)11-23-4)13(2)20(12)16-7-5-6-8-18-16/h5-9,14,21H,10-11H2,1-4H3. The van der Waals surface area contributed by atoms with Crippen molar-refractivity contribution in [3.63, 3.8) is 0 Å². The average molecular weight is 317 g/mol. The monoisotopic (exact) mass is 317 g/mol. The maximum atomic E-state index is 12.6. The van der Waals surface area contributed by atoms with Crippen molar-refractivity contribution in [3.8, 4) is 5.82 Å². The Labute approximate surface area is 136 Å². The first-order valence-electron chi connectivity index (χ1n) is 7.48. The Hall–Kier alpha value is -2.18. The first-order valence-corrected chi connectivity index (χ1v) is 7.48. The molecule has 0 aliphatic carbocycles. The van der Waals surface area contributed by atoms with Crippen LogP contribution < -0.4 is 0 Å². The lowest BCUT2D eigenvalue weighted by molar-refractivity contribution is 0.0380. The maximum absolute atomic E-state index is 12.6. The molecule has 0 fully saturated rings. The number of aliphatic hydroxyl groups is 1. The molecule has 2 aromatic rings. The van der Waals surface area contributed by atoms with Crippen LogP contribution in [0.15, 0.2) is 30.5 Å². The number of carbonyl (C=O) groups is 1. The molecule has 0 spiro atoms. The Morgan fingerprint density at radius 1 is 1.43 bits per heavy atom. The van der Waals surface area contributed by atoms with Crippen LogP contribution in [0, 0.1) is 13.8 Å². The van der Waals surface area contributed by atoms with Crippen LogP contribution in [0.4, 0.5) is 0 Å². The van der Waals surface area contributed by atoms with Crippen LogP contribution in [0.1, 0.15) is 21.7 Å². The number of carbonyl (C=O) groups excluding carboxylic acids is 1. The molecule has 1 N–H and O–H groups in total. The number of ether oxygens (including phenoxy) is 1. The minimum Gasteiger partial charge on any atom is -0.389 e. The summed E-state index contributed by atoms with van der Waals surface area (Å²) >= 11 is 0. The van der Waals surface area contributed by atoms with E-state index in [1.807, 2.05) is 42.7 Å². The molecule has 23 heavy (non-hydrogen) atoms. The number of aryl methyl sites for hydroxylation is 1. The van der Waals surface area contributed by atoms with Gasteiger partial charge in [0.1, 0.15) is 5.82 Å². The molecule has 1 atom stereocenters. The minimum atomic E-state index is -0.701. The first-order chi connectivity index (χ1) is 11.0. The van der Waals surface area contributed by atoms with Crippen molar-refractivity contribution in [2.75, 3.05) is 27.3 Å². The lowest BCUT2D eigenvalue weighted by Gasteiger charge is -2.20. The van der Waals surface area contributed by atoms with Crippen LogP contribution >= 0.6 is 0 Å². The number of aromatic nitrogens is 2. The quantitative estimate of drug-likeness (QED) is 0.878. The van der Waals surface area contributed by atoms with Crippen LogP contribution in [-0.2, 0) is 4.74 Å². The fourth-order valence-corrected chi connectivity index (χ4v) is 2.67. The van der Waals surface area contributed by atoms with E-state index in [1.165, 1.54) is 12.0 Å². The fraction of sp³-hybridized carbons (Fsp3) is 0.412. The lowest BCUT2D eigenvalue weighted by atomic mass is 10.2. The van der Waals surface area contributed by atoms with E-state index in [1.54, 1.807) is 13.2 Å². The summed E-state index contributed by atoms with van der Waals surface area (Å²) in [6, 6.07) is 7.52. The molecule has 0 aliphatic rings. The molecular formula is C17H23N3O3. The van der Waals surface area contributed by atoms with Gasteiger partial charge in [0.05, 0.1) is 18.3 Å². The third-order valence-electron chi connectivity index (χ3n) is 3.73. The highest BCUT2D eigenvalue weighted by atomic mass is 16.5. The molecule has 124 valence electrons. The van der Waals surface area contributed by atoms with Crippen molar-refractivity contribution in [2.45, 2.75) is 20.0 Å². The largest absolute Gasteiger partial charge is 0.389 e. The van der Waals surface area contributed by atoms with Crippen molar-refractivity contribution < 1.29 is 14.6 Å². The number of methoxy groups -OCH3 is 1. The van der Waals surface area contributed by atoms with E-state index in [0.717, 1.165) is 17.2 Å². The van der Waals surface area contributed by atoms with E-state index in [0.29, 0.717) is 5.56 Å². The summed E-state index contributed by atoms with van der Waals surface area (Å²) in [4.78, 5) is 18.5. The Morgan fingerprint density at radius 3 is 2.78 bits per heavy atom. The Kier molecular flexibility index (Phi) is 5.52. The van der Waals surface area contributed by atoms with E-state index < -0.39 is 6.10 Å². The molecule has 0 saturated heterocycles. The van der Waals surface area contributed by atoms with Gasteiger partial charge in [-0.1, -0.05) is 6.07 Å². The summed E-state index contributed by atoms with van der Waals surface area (Å²) in [6.07, 6.45) is 1.02. The van der Waals surface area contributed by atoms with Gasteiger partial charge in [0.25, 0.3) is 5.91 Å². The van der Waals surface area contributed by atoms with Gasteiger partial charge < -0.3 is 19.3 Å². The number of aliphatic hydroxyl groups excluding tert-OH is 1. The molecule has 6 nitrogen and oxygen atoms in total. The maximum Gasteiger partial charge on any atom is 0.255 e. The highest BCUT2D eigenvalue weighted by molar-refractivity contribution is 5.95. The first kappa shape index (κ1) is 17.2. The highest BCUT2D eigenvalue weighted by Gasteiger charge is 2.21. The van der Waals surface area contributed by atoms with Crippen LogP contribution in [0.3, 0.4) is 0 Å². The third kappa shape index (κ3) is 3.78. The molecule has 1 amide bonds. The van der Waals surface area contributed by atoms with Crippen molar-refractivity contribution in [2.24, 2.45) is 0 Å². The van der Waals surface area contributed by atoms with E-state index in [4.69, 9.17) is 4.74 Å². The van der Waals surface area contributed by atoms with Gasteiger partial charge in [-0.25, -0.2) is 4.98 Å². The van der Waals surface area contributed by atoms with Crippen molar-refractivity contribution in [1.29, 1.82) is 0 Å². The molecular weight excluding hydrogens is 294 g/mol. The predicted octanol–water partition coefficient (Wildman–Crippen LogP) is 1.57. The molecule has 0 bridgehead atoms. The SMILES string of the molecule is COCC(O)CN(C)C(=O)c1cc(C)n(-c2ccccn2)c1C. The number of likely N-dealkylation sites (N-methyl/N-ethyl adjacent to an activating group) is 1. The van der Waals surface area contributed by atoms with Crippen LogP contribution in [0.5, 0.6) is 0 Å². The molecule has 0 saturated carbocycles. The van der Waals surface area contributed by atoms with Gasteiger partial charge in [-0.2, -0.15) is 0 Å². The van der Waals surface area contributed by atoms with Gasteiger partial charge in [-0.3, -0.25) is 4.79 Å². The smallest absolute Gasteiger partial charge is 0.255 e. The van der Waals surface area contributed by atoms with Crippen LogP contribution in [0.25, 0.3) is 5.82 Å². The van der Waals surface area contributed by atoms with Crippen LogP contribution in [-0.4, -0.2) is 58.9 Å². The summed E-state index contributed by atoms with van der Waals surface area (Å²) in [5, 5.41) is 9.79. The second-order valence-electron chi connectivity index (χ2n) is 5.60. The molecule has 6 heteroatoms. The molecule has 2 heterocycles. The Morgan fingerprint density at radius 2 is 2.17 bits per heavy atom. The summed E-state index contributed by atoms with van der Waals surface area (Å²) in [5.74, 6) is 0.652. The van der Waals surface area contributed by atoms with Crippen LogP contribution in [0.2, 0.25) is 0 Å². The number of pyridine rings is 1. The van der Waals surface area contributed by atoms with Gasteiger partial charge in [0, 0.05) is 38.3 Å². The average Bonchev–Trinajstić information content (AvgIpc) is 2.82. The second kappa shape index (κ2) is 7.39. The molecule has 2 aromatic heterocycles. The zero-order valence-corrected chi connectivity index (χ0v) is 14.0. The summed E-state index contributed by atoms with van der Waals surface area (Å²) in [5.41, 5.74) is 2.38. The summed E-state index contributed by atoms with van der Waals surface area (Å²) in [6.45, 7) is 4.26. The normalized spacial score (nSPS) is 12.2. The third-order valence-corrected chi connectivity index (χ3v) is 3.73. The highest BCUT2D eigenvalue weighted by Crippen LogP contribution is 2.20. The zero-order valence-electron chi connectivity index (χ0n) is 14.0. The number of hydrogen-bond acceptors (Lipinski definition) is 4. The second-order valence-corrected chi connectivity index (χ2v) is 5.60. The molecule has 1 unspecified atom stereocenters. The van der Waals surface area contributed by atoms with Gasteiger partial charge in [-0.05, 0) is 32.0 Å². The van der Waals surface area contributed by atoms with Crippen molar-refractivity contribution in [3.05, 3.63) is 47.4 Å². The molecule has 2 rings (SSSR count).